The van der Waals surface area contributed by atoms with Gasteiger partial charge in [0, 0.05) is 5.56 Å². The molecule has 0 N–H and O–H groups in total. The van der Waals surface area contributed by atoms with Gasteiger partial charge in [-0.25, -0.2) is 8.78 Å². The SMILES string of the molecule is CCCCOc1ccc(-c2ccc(C3CCC(=COC)CC3)c(F)c2F)cc1. The normalized spacial score (nSPS) is 16.7. The fourth-order valence-electron chi connectivity index (χ4n) is 3.75. The van der Waals surface area contributed by atoms with Crippen molar-refractivity contribution < 1.29 is 18.3 Å². The first-order chi connectivity index (χ1) is 13.6. The zero-order valence-electron chi connectivity index (χ0n) is 16.6. The fraction of sp³-hybridized carbons (Fsp3) is 0.417. The third-order valence-electron chi connectivity index (χ3n) is 5.40. The molecule has 0 spiro atoms. The highest BCUT2D eigenvalue weighted by Crippen LogP contribution is 2.38. The number of benzene rings is 2. The van der Waals surface area contributed by atoms with Crippen molar-refractivity contribution in [1.29, 1.82) is 0 Å². The zero-order valence-corrected chi connectivity index (χ0v) is 16.6. The molecule has 0 bridgehead atoms. The van der Waals surface area contributed by atoms with E-state index in [1.807, 2.05) is 0 Å². The Hall–Kier alpha value is -2.36. The summed E-state index contributed by atoms with van der Waals surface area (Å²) in [6.07, 6.45) is 7.18. The summed E-state index contributed by atoms with van der Waals surface area (Å²) in [4.78, 5) is 0. The molecule has 0 amide bonds. The van der Waals surface area contributed by atoms with E-state index in [-0.39, 0.29) is 11.5 Å². The Kier molecular flexibility index (Phi) is 7.07. The molecular weight excluding hydrogens is 358 g/mol. The third kappa shape index (κ3) is 4.73. The van der Waals surface area contributed by atoms with E-state index in [0.717, 1.165) is 44.3 Å². The third-order valence-corrected chi connectivity index (χ3v) is 5.40. The van der Waals surface area contributed by atoms with Crippen LogP contribution in [0.15, 0.2) is 48.2 Å². The Morgan fingerprint density at radius 1 is 1.00 bits per heavy atom. The maximum atomic E-state index is 14.8. The Bertz CT molecular complexity index is 802. The first kappa shape index (κ1) is 20.4. The second-order valence-electron chi connectivity index (χ2n) is 7.34. The van der Waals surface area contributed by atoms with Crippen molar-refractivity contribution in [3.8, 4) is 16.9 Å². The number of hydrogen-bond donors (Lipinski definition) is 0. The number of ether oxygens (including phenoxy) is 2. The maximum absolute atomic E-state index is 14.8. The van der Waals surface area contributed by atoms with Gasteiger partial charge in [0.25, 0.3) is 0 Å². The van der Waals surface area contributed by atoms with Gasteiger partial charge in [0.05, 0.1) is 20.0 Å². The Morgan fingerprint density at radius 2 is 1.71 bits per heavy atom. The monoisotopic (exact) mass is 386 g/mol. The smallest absolute Gasteiger partial charge is 0.166 e. The highest BCUT2D eigenvalue weighted by atomic mass is 19.2. The molecule has 0 heterocycles. The number of rotatable bonds is 7. The molecule has 150 valence electrons. The van der Waals surface area contributed by atoms with Crippen LogP contribution in [-0.2, 0) is 4.74 Å². The van der Waals surface area contributed by atoms with Crippen LogP contribution in [0.25, 0.3) is 11.1 Å². The van der Waals surface area contributed by atoms with Crippen LogP contribution in [0.1, 0.15) is 56.9 Å². The Morgan fingerprint density at radius 3 is 2.36 bits per heavy atom. The van der Waals surface area contributed by atoms with Gasteiger partial charge in [-0.3, -0.25) is 0 Å². The molecule has 1 aliphatic carbocycles. The van der Waals surface area contributed by atoms with Crippen molar-refractivity contribution in [2.24, 2.45) is 0 Å². The zero-order chi connectivity index (χ0) is 19.9. The summed E-state index contributed by atoms with van der Waals surface area (Å²) < 4.78 is 40.3. The number of halogens is 2. The average molecular weight is 386 g/mol. The number of methoxy groups -OCH3 is 1. The second-order valence-corrected chi connectivity index (χ2v) is 7.34. The molecular formula is C24H28F2O2. The van der Waals surface area contributed by atoms with Gasteiger partial charge in [-0.2, -0.15) is 0 Å². The van der Waals surface area contributed by atoms with Crippen LogP contribution in [0.2, 0.25) is 0 Å². The van der Waals surface area contributed by atoms with Crippen molar-refractivity contribution in [2.75, 3.05) is 13.7 Å². The maximum Gasteiger partial charge on any atom is 0.166 e. The molecule has 2 aromatic carbocycles. The predicted octanol–water partition coefficient (Wildman–Crippen LogP) is 7.00. The predicted molar refractivity (Wildman–Crippen MR) is 108 cm³/mol. The van der Waals surface area contributed by atoms with E-state index in [1.165, 1.54) is 5.57 Å². The van der Waals surface area contributed by atoms with Gasteiger partial charge in [-0.05, 0) is 66.9 Å². The minimum Gasteiger partial charge on any atom is -0.504 e. The van der Waals surface area contributed by atoms with Crippen molar-refractivity contribution >= 4 is 0 Å². The van der Waals surface area contributed by atoms with Gasteiger partial charge in [-0.1, -0.05) is 37.6 Å². The molecule has 3 rings (SSSR count). The highest BCUT2D eigenvalue weighted by molar-refractivity contribution is 5.65. The first-order valence-corrected chi connectivity index (χ1v) is 10.1. The lowest BCUT2D eigenvalue weighted by Gasteiger charge is -2.25. The minimum atomic E-state index is -0.768. The molecule has 0 atom stereocenters. The van der Waals surface area contributed by atoms with Crippen LogP contribution >= 0.6 is 0 Å². The van der Waals surface area contributed by atoms with Crippen LogP contribution in [0.5, 0.6) is 5.75 Å². The molecule has 2 nitrogen and oxygen atoms in total. The average Bonchev–Trinajstić information content (AvgIpc) is 2.72. The van der Waals surface area contributed by atoms with Gasteiger partial charge in [0.2, 0.25) is 0 Å². The summed E-state index contributed by atoms with van der Waals surface area (Å²) in [5.74, 6) is -0.691. The molecule has 4 heteroatoms. The van der Waals surface area contributed by atoms with Crippen molar-refractivity contribution in [3.63, 3.8) is 0 Å². The van der Waals surface area contributed by atoms with Gasteiger partial charge < -0.3 is 9.47 Å². The summed E-state index contributed by atoms with van der Waals surface area (Å²) in [5.41, 5.74) is 2.66. The van der Waals surface area contributed by atoms with E-state index in [4.69, 9.17) is 9.47 Å². The van der Waals surface area contributed by atoms with E-state index in [1.54, 1.807) is 49.8 Å². The molecule has 1 saturated carbocycles. The highest BCUT2D eigenvalue weighted by Gasteiger charge is 2.24. The van der Waals surface area contributed by atoms with Crippen LogP contribution in [-0.4, -0.2) is 13.7 Å². The molecule has 1 aliphatic rings. The Balaban J connectivity index is 1.74. The number of allylic oxidation sites excluding steroid dienone is 1. The summed E-state index contributed by atoms with van der Waals surface area (Å²) in [7, 11) is 1.64. The molecule has 28 heavy (non-hydrogen) atoms. The largest absolute Gasteiger partial charge is 0.504 e. The molecule has 0 aromatic heterocycles. The van der Waals surface area contributed by atoms with Crippen LogP contribution < -0.4 is 4.74 Å². The van der Waals surface area contributed by atoms with Gasteiger partial charge in [0.15, 0.2) is 11.6 Å². The van der Waals surface area contributed by atoms with E-state index in [2.05, 4.69) is 6.92 Å². The molecule has 1 fully saturated rings. The van der Waals surface area contributed by atoms with E-state index >= 15 is 0 Å². The van der Waals surface area contributed by atoms with E-state index < -0.39 is 11.6 Å². The molecule has 0 aliphatic heterocycles. The van der Waals surface area contributed by atoms with Crippen molar-refractivity contribution in [2.45, 2.75) is 51.4 Å². The van der Waals surface area contributed by atoms with Crippen molar-refractivity contribution in [1.82, 2.24) is 0 Å². The van der Waals surface area contributed by atoms with Crippen LogP contribution in [0.4, 0.5) is 8.78 Å². The topological polar surface area (TPSA) is 18.5 Å². The Labute approximate surface area is 166 Å². The van der Waals surface area contributed by atoms with Crippen molar-refractivity contribution in [3.05, 3.63) is 65.4 Å². The molecule has 0 unspecified atom stereocenters. The first-order valence-electron chi connectivity index (χ1n) is 10.1. The standard InChI is InChI=1S/C24H28F2O2/c1-3-4-15-28-20-11-9-19(10-12-20)22-14-13-21(23(25)24(22)26)18-7-5-17(6-8-18)16-27-2/h9-14,16,18H,3-8,15H2,1-2H3. The quantitative estimate of drug-likeness (QED) is 0.377. The number of hydrogen-bond acceptors (Lipinski definition) is 2. The minimum absolute atomic E-state index is 0.0481. The molecule has 0 saturated heterocycles. The van der Waals surface area contributed by atoms with Gasteiger partial charge in [-0.15, -0.1) is 0 Å². The van der Waals surface area contributed by atoms with E-state index in [0.29, 0.717) is 17.7 Å². The second kappa shape index (κ2) is 9.72. The van der Waals surface area contributed by atoms with Crippen LogP contribution in [0.3, 0.4) is 0 Å². The fourth-order valence-corrected chi connectivity index (χ4v) is 3.75. The molecule has 2 aromatic rings. The number of unbranched alkanes of at least 4 members (excludes halogenated alkanes) is 1. The lowest BCUT2D eigenvalue weighted by Crippen LogP contribution is -2.10. The summed E-state index contributed by atoms with van der Waals surface area (Å²) in [6, 6.07) is 10.6. The summed E-state index contributed by atoms with van der Waals surface area (Å²) >= 11 is 0. The van der Waals surface area contributed by atoms with Gasteiger partial charge in [0.1, 0.15) is 5.75 Å². The van der Waals surface area contributed by atoms with E-state index in [9.17, 15) is 8.78 Å². The molecule has 0 radical (unpaired) electrons. The van der Waals surface area contributed by atoms with Crippen LogP contribution in [0, 0.1) is 11.6 Å². The summed E-state index contributed by atoms with van der Waals surface area (Å²) in [6.45, 7) is 2.77. The summed E-state index contributed by atoms with van der Waals surface area (Å²) in [5, 5.41) is 0. The van der Waals surface area contributed by atoms with Gasteiger partial charge >= 0.3 is 0 Å². The lowest BCUT2D eigenvalue weighted by atomic mass is 9.81. The lowest BCUT2D eigenvalue weighted by molar-refractivity contribution is 0.309.